The first kappa shape index (κ1) is 47.0. The second-order valence-corrected chi connectivity index (χ2v) is 20.4. The molecule has 0 aliphatic carbocycles. The van der Waals surface area contributed by atoms with Gasteiger partial charge in [-0.1, -0.05) is 28.0 Å². The molecule has 0 radical (unpaired) electrons. The molecule has 1 saturated heterocycles. The lowest BCUT2D eigenvalue weighted by atomic mass is 9.94. The summed E-state index contributed by atoms with van der Waals surface area (Å²) in [7, 11) is 3.79. The minimum Gasteiger partial charge on any atom is -0.458 e. The van der Waals surface area contributed by atoms with E-state index >= 15 is 0 Å². The van der Waals surface area contributed by atoms with Crippen molar-refractivity contribution in [1.82, 2.24) is 31.9 Å². The van der Waals surface area contributed by atoms with E-state index in [-0.39, 0.29) is 5.91 Å². The van der Waals surface area contributed by atoms with Crippen LogP contribution in [0.3, 0.4) is 0 Å². The lowest BCUT2D eigenvalue weighted by molar-refractivity contribution is -0.163. The molecule has 1 unspecified atom stereocenters. The number of ether oxygens (including phenoxy) is 1. The van der Waals surface area contributed by atoms with Crippen molar-refractivity contribution in [2.24, 2.45) is 0 Å². The van der Waals surface area contributed by atoms with Crippen molar-refractivity contribution in [2.45, 2.75) is 180 Å². The smallest absolute Gasteiger partial charge is 0.331 e. The van der Waals surface area contributed by atoms with Crippen molar-refractivity contribution >= 4 is 63.0 Å². The summed E-state index contributed by atoms with van der Waals surface area (Å²) in [5.41, 5.74) is -9.60. The van der Waals surface area contributed by atoms with Gasteiger partial charge in [0, 0.05) is 17.4 Å². The van der Waals surface area contributed by atoms with Crippen LogP contribution < -0.4 is 31.9 Å². The number of carbonyl (C=O) groups excluding carboxylic acids is 7. The van der Waals surface area contributed by atoms with E-state index in [9.17, 15) is 33.6 Å². The Kier molecular flexibility index (Phi) is 15.7. The summed E-state index contributed by atoms with van der Waals surface area (Å²) >= 11 is 0. The summed E-state index contributed by atoms with van der Waals surface area (Å²) in [6.07, 6.45) is 4.19. The quantitative estimate of drug-likeness (QED) is 0.0724. The van der Waals surface area contributed by atoms with E-state index in [2.05, 4.69) is 31.9 Å². The number of hydrogen-bond acceptors (Lipinski definition) is 10. The number of amides is 6. The van der Waals surface area contributed by atoms with Crippen LogP contribution >= 0.6 is 21.6 Å². The molecule has 0 aromatic carbocycles. The normalized spacial score (nSPS) is 15.9. The van der Waals surface area contributed by atoms with Crippen molar-refractivity contribution < 1.29 is 38.3 Å². The van der Waals surface area contributed by atoms with Crippen LogP contribution in [0.4, 0.5) is 0 Å². The minimum absolute atomic E-state index is 0.256. The number of hydrogen-bond donors (Lipinski definition) is 6. The third-order valence-corrected chi connectivity index (χ3v) is 11.2. The van der Waals surface area contributed by atoms with Gasteiger partial charge in [-0.25, -0.2) is 4.79 Å². The summed E-state index contributed by atoms with van der Waals surface area (Å²) in [4.78, 5) is 91.9. The van der Waals surface area contributed by atoms with Crippen molar-refractivity contribution in [2.75, 3.05) is 5.75 Å². The van der Waals surface area contributed by atoms with Crippen molar-refractivity contribution in [1.29, 1.82) is 0 Å². The molecular formula is C36H64N6O8S2. The van der Waals surface area contributed by atoms with E-state index in [0.717, 1.165) is 25.0 Å². The minimum atomic E-state index is -1.56. The summed E-state index contributed by atoms with van der Waals surface area (Å²) in [6.45, 7) is 22.8. The SMILES string of the molecule is CC(C)(C)OC(=O)C(C)(C)NC(=O)C(C)(C)NC(=O)C(C)(C)NC(=O)C(C)(C)NC(=O)C(C)(C)NC(=O)C(C)(C)NC(=O)CCCCC1CCSS1. The fraction of sp³-hybridized carbons (Fsp3) is 0.806. The first-order valence-electron chi connectivity index (χ1n) is 17.7. The van der Waals surface area contributed by atoms with E-state index in [1.54, 1.807) is 34.6 Å². The topological polar surface area (TPSA) is 201 Å². The fourth-order valence-electron chi connectivity index (χ4n) is 4.57. The van der Waals surface area contributed by atoms with Crippen LogP contribution in [0.5, 0.6) is 0 Å². The number of carbonyl (C=O) groups is 7. The highest BCUT2D eigenvalue weighted by molar-refractivity contribution is 8.77. The first-order chi connectivity index (χ1) is 23.2. The average Bonchev–Trinajstić information content (AvgIpc) is 3.46. The molecule has 14 nitrogen and oxygen atoms in total. The van der Waals surface area contributed by atoms with E-state index in [1.165, 1.54) is 75.7 Å². The van der Waals surface area contributed by atoms with E-state index in [0.29, 0.717) is 11.7 Å². The molecule has 1 atom stereocenters. The van der Waals surface area contributed by atoms with Gasteiger partial charge in [0.15, 0.2) is 0 Å². The van der Waals surface area contributed by atoms with Crippen LogP contribution in [-0.2, 0) is 38.3 Å². The molecule has 298 valence electrons. The van der Waals surface area contributed by atoms with Gasteiger partial charge in [-0.15, -0.1) is 0 Å². The van der Waals surface area contributed by atoms with E-state index in [4.69, 9.17) is 4.74 Å². The maximum absolute atomic E-state index is 13.4. The van der Waals surface area contributed by atoms with Gasteiger partial charge in [-0.2, -0.15) is 0 Å². The fourth-order valence-corrected chi connectivity index (χ4v) is 7.60. The molecule has 52 heavy (non-hydrogen) atoms. The predicted molar refractivity (Wildman–Crippen MR) is 206 cm³/mol. The van der Waals surface area contributed by atoms with Gasteiger partial charge < -0.3 is 36.6 Å². The van der Waals surface area contributed by atoms with Gasteiger partial charge in [0.1, 0.15) is 38.8 Å². The molecular weight excluding hydrogens is 709 g/mol. The molecule has 0 saturated carbocycles. The second-order valence-electron chi connectivity index (χ2n) is 17.6. The lowest BCUT2D eigenvalue weighted by Gasteiger charge is -2.37. The monoisotopic (exact) mass is 772 g/mol. The molecule has 1 heterocycles. The Balaban J connectivity index is 2.80. The Labute approximate surface area is 318 Å². The molecule has 0 aromatic heterocycles. The van der Waals surface area contributed by atoms with Gasteiger partial charge in [0.05, 0.1) is 0 Å². The Bertz CT molecular complexity index is 1360. The van der Waals surface area contributed by atoms with Gasteiger partial charge in [0.2, 0.25) is 35.4 Å². The summed E-state index contributed by atoms with van der Waals surface area (Å²) in [6, 6.07) is 0. The Morgan fingerprint density at radius 3 is 1.19 bits per heavy atom. The largest absolute Gasteiger partial charge is 0.458 e. The van der Waals surface area contributed by atoms with Crippen LogP contribution in [0, 0.1) is 0 Å². The molecule has 0 bridgehead atoms. The van der Waals surface area contributed by atoms with Crippen molar-refractivity contribution in [3.8, 4) is 0 Å². The van der Waals surface area contributed by atoms with Crippen LogP contribution in [-0.4, -0.2) is 91.2 Å². The standard InChI is InChI=1S/C36H64N6O8S2/c1-30(2,3)50-29(49)36(14,15)42-28(48)35(12,13)41-27(47)34(10,11)40-26(46)33(8,9)39-25(45)32(6,7)38-24(44)31(4,5)37-23(43)19-17-16-18-22-20-21-51-52-22/h22H,16-21H2,1-15H3,(H,37,43)(H,38,44)(H,39,45)(H,40,46)(H,41,47)(H,42,48). The second kappa shape index (κ2) is 17.4. The zero-order valence-corrected chi connectivity index (χ0v) is 35.5. The maximum atomic E-state index is 13.4. The van der Waals surface area contributed by atoms with Crippen LogP contribution in [0.25, 0.3) is 0 Å². The number of rotatable bonds is 17. The molecule has 6 N–H and O–H groups in total. The predicted octanol–water partition coefficient (Wildman–Crippen LogP) is 3.41. The number of unbranched alkanes of at least 4 members (excludes halogenated alkanes) is 1. The summed E-state index contributed by atoms with van der Waals surface area (Å²) < 4.78 is 5.40. The van der Waals surface area contributed by atoms with Gasteiger partial charge in [-0.05, 0) is 123 Å². The number of esters is 1. The maximum Gasteiger partial charge on any atom is 0.331 e. The molecule has 0 spiro atoms. The van der Waals surface area contributed by atoms with Gasteiger partial charge in [0.25, 0.3) is 0 Å². The first-order valence-corrected chi connectivity index (χ1v) is 20.1. The molecule has 1 aliphatic heterocycles. The van der Waals surface area contributed by atoms with Gasteiger partial charge >= 0.3 is 5.97 Å². The molecule has 6 amide bonds. The molecule has 1 fully saturated rings. The third-order valence-electron chi connectivity index (χ3n) is 8.24. The van der Waals surface area contributed by atoms with Crippen LogP contribution in [0.1, 0.15) is 136 Å². The molecule has 16 heteroatoms. The number of nitrogens with one attached hydrogen (secondary N) is 6. The lowest BCUT2D eigenvalue weighted by Crippen LogP contribution is -2.69. The highest BCUT2D eigenvalue weighted by atomic mass is 33.1. The Hall–Kier alpha value is -3.01. The van der Waals surface area contributed by atoms with E-state index in [1.807, 2.05) is 21.6 Å². The summed E-state index contributed by atoms with van der Waals surface area (Å²) in [5, 5.41) is 16.5. The Morgan fingerprint density at radius 2 is 0.865 bits per heavy atom. The van der Waals surface area contributed by atoms with E-state index < -0.39 is 74.3 Å². The van der Waals surface area contributed by atoms with Crippen molar-refractivity contribution in [3.05, 3.63) is 0 Å². The van der Waals surface area contributed by atoms with Gasteiger partial charge in [-0.3, -0.25) is 28.8 Å². The zero-order valence-electron chi connectivity index (χ0n) is 33.9. The highest BCUT2D eigenvalue weighted by Gasteiger charge is 2.44. The molecule has 1 aliphatic rings. The molecule has 1 rings (SSSR count). The van der Waals surface area contributed by atoms with Crippen LogP contribution in [0.2, 0.25) is 0 Å². The Morgan fingerprint density at radius 1 is 0.519 bits per heavy atom. The van der Waals surface area contributed by atoms with Crippen LogP contribution in [0.15, 0.2) is 0 Å². The molecule has 0 aromatic rings. The zero-order chi connectivity index (χ0) is 40.7. The average molecular weight is 773 g/mol. The summed E-state index contributed by atoms with van der Waals surface area (Å²) in [5.74, 6) is -3.09. The third kappa shape index (κ3) is 14.8. The highest BCUT2D eigenvalue weighted by Crippen LogP contribution is 2.39. The van der Waals surface area contributed by atoms with Crippen molar-refractivity contribution in [3.63, 3.8) is 0 Å².